The van der Waals surface area contributed by atoms with Gasteiger partial charge in [0.25, 0.3) is 0 Å². The highest BCUT2D eigenvalue weighted by atomic mass is 32.2. The lowest BCUT2D eigenvalue weighted by Gasteiger charge is -2.11. The minimum absolute atomic E-state index is 0.260. The number of benzene rings is 1. The first-order chi connectivity index (χ1) is 6.26. The van der Waals surface area contributed by atoms with Crippen molar-refractivity contribution in [1.82, 2.24) is 0 Å². The summed E-state index contributed by atoms with van der Waals surface area (Å²) in [7, 11) is 1.75. The number of hydrogen-bond acceptors (Lipinski definition) is 2. The molecule has 0 bridgehead atoms. The van der Waals surface area contributed by atoms with Crippen LogP contribution in [-0.2, 0) is 4.74 Å². The third kappa shape index (κ3) is 3.41. The Morgan fingerprint density at radius 1 is 1.38 bits per heavy atom. The lowest BCUT2D eigenvalue weighted by Crippen LogP contribution is -2.02. The fourth-order valence-electron chi connectivity index (χ4n) is 1.02. The average Bonchev–Trinajstić information content (AvgIpc) is 2.17. The van der Waals surface area contributed by atoms with Crippen molar-refractivity contribution in [2.45, 2.75) is 23.7 Å². The molecule has 0 amide bonds. The van der Waals surface area contributed by atoms with Crippen molar-refractivity contribution in [3.8, 4) is 0 Å². The molecule has 1 atom stereocenters. The molecule has 0 aliphatic heterocycles. The molecule has 1 aromatic rings. The Morgan fingerprint density at radius 3 is 2.46 bits per heavy atom. The molecule has 0 saturated heterocycles. The Bertz CT molecular complexity index is 239. The molecule has 71 valence electrons. The standard InChI is InChI=1S/C11H15OS/c1-4-11(12-3)13-10-7-5-9(2)6-8-10/h5-8,11H,2,4H2,1,3H3. The zero-order valence-corrected chi connectivity index (χ0v) is 8.93. The van der Waals surface area contributed by atoms with Crippen LogP contribution in [0.15, 0.2) is 29.2 Å². The maximum atomic E-state index is 5.28. The van der Waals surface area contributed by atoms with Crippen LogP contribution in [0.4, 0.5) is 0 Å². The second-order valence-corrected chi connectivity index (χ2v) is 4.07. The number of rotatable bonds is 4. The number of ether oxygens (including phenoxy) is 1. The van der Waals surface area contributed by atoms with Gasteiger partial charge in [-0.1, -0.05) is 30.8 Å². The van der Waals surface area contributed by atoms with Crippen LogP contribution in [0.5, 0.6) is 0 Å². The monoisotopic (exact) mass is 195 g/mol. The van der Waals surface area contributed by atoms with Crippen LogP contribution >= 0.6 is 11.8 Å². The summed E-state index contributed by atoms with van der Waals surface area (Å²) in [6.45, 7) is 5.96. The molecule has 0 N–H and O–H groups in total. The predicted octanol–water partition coefficient (Wildman–Crippen LogP) is 3.34. The Morgan fingerprint density at radius 2 is 2.00 bits per heavy atom. The van der Waals surface area contributed by atoms with Crippen molar-refractivity contribution in [3.63, 3.8) is 0 Å². The summed E-state index contributed by atoms with van der Waals surface area (Å²) in [5, 5.41) is 0. The molecule has 0 aliphatic carbocycles. The summed E-state index contributed by atoms with van der Waals surface area (Å²) in [4.78, 5) is 1.24. The Balaban J connectivity index is 2.58. The molecule has 0 fully saturated rings. The van der Waals surface area contributed by atoms with E-state index in [4.69, 9.17) is 4.74 Å². The van der Waals surface area contributed by atoms with Gasteiger partial charge in [0.1, 0.15) is 5.44 Å². The van der Waals surface area contributed by atoms with E-state index >= 15 is 0 Å². The maximum Gasteiger partial charge on any atom is 0.107 e. The lowest BCUT2D eigenvalue weighted by molar-refractivity contribution is 0.170. The summed E-state index contributed by atoms with van der Waals surface area (Å²) in [6.07, 6.45) is 1.02. The first-order valence-electron chi connectivity index (χ1n) is 4.37. The van der Waals surface area contributed by atoms with Gasteiger partial charge in [0.2, 0.25) is 0 Å². The predicted molar refractivity (Wildman–Crippen MR) is 57.8 cm³/mol. The van der Waals surface area contributed by atoms with Crippen molar-refractivity contribution < 1.29 is 4.74 Å². The average molecular weight is 195 g/mol. The smallest absolute Gasteiger partial charge is 0.107 e. The van der Waals surface area contributed by atoms with E-state index in [9.17, 15) is 0 Å². The van der Waals surface area contributed by atoms with Gasteiger partial charge in [0.15, 0.2) is 0 Å². The van der Waals surface area contributed by atoms with Crippen LogP contribution in [0.1, 0.15) is 18.9 Å². The quantitative estimate of drug-likeness (QED) is 0.538. The second-order valence-electron chi connectivity index (χ2n) is 2.84. The van der Waals surface area contributed by atoms with Crippen LogP contribution < -0.4 is 0 Å². The van der Waals surface area contributed by atoms with E-state index in [1.54, 1.807) is 18.9 Å². The summed E-state index contributed by atoms with van der Waals surface area (Å²) in [5.74, 6) is 0. The molecule has 0 aliphatic rings. The van der Waals surface area contributed by atoms with Crippen molar-refractivity contribution >= 4 is 11.8 Å². The van der Waals surface area contributed by atoms with Gasteiger partial charge in [-0.15, -0.1) is 0 Å². The minimum Gasteiger partial charge on any atom is -0.370 e. The largest absolute Gasteiger partial charge is 0.370 e. The number of methoxy groups -OCH3 is 1. The lowest BCUT2D eigenvalue weighted by atomic mass is 10.2. The molecular formula is C11H15OS. The SMILES string of the molecule is [CH2]c1ccc(SC(CC)OC)cc1. The zero-order chi connectivity index (χ0) is 9.68. The molecule has 0 saturated carbocycles. The van der Waals surface area contributed by atoms with E-state index in [-0.39, 0.29) is 5.44 Å². The van der Waals surface area contributed by atoms with Gasteiger partial charge in [-0.25, -0.2) is 0 Å². The Labute approximate surface area is 84.5 Å². The second kappa shape index (κ2) is 5.30. The normalized spacial score (nSPS) is 12.8. The zero-order valence-electron chi connectivity index (χ0n) is 8.12. The third-order valence-corrected chi connectivity index (χ3v) is 3.12. The maximum absolute atomic E-state index is 5.28. The summed E-state index contributed by atoms with van der Waals surface area (Å²) in [6, 6.07) is 8.19. The first-order valence-corrected chi connectivity index (χ1v) is 5.25. The van der Waals surface area contributed by atoms with Crippen LogP contribution in [0.25, 0.3) is 0 Å². The fraction of sp³-hybridized carbons (Fsp3) is 0.364. The topological polar surface area (TPSA) is 9.23 Å². The Hall–Kier alpha value is -0.470. The highest BCUT2D eigenvalue weighted by molar-refractivity contribution is 7.99. The Kier molecular flexibility index (Phi) is 4.33. The van der Waals surface area contributed by atoms with E-state index in [1.165, 1.54) is 4.90 Å². The van der Waals surface area contributed by atoms with Crippen molar-refractivity contribution in [1.29, 1.82) is 0 Å². The molecular weight excluding hydrogens is 180 g/mol. The van der Waals surface area contributed by atoms with Crippen molar-refractivity contribution in [3.05, 3.63) is 36.8 Å². The van der Waals surface area contributed by atoms with Gasteiger partial charge in [-0.3, -0.25) is 0 Å². The summed E-state index contributed by atoms with van der Waals surface area (Å²) < 4.78 is 5.28. The molecule has 1 rings (SSSR count). The molecule has 1 nitrogen and oxygen atoms in total. The summed E-state index contributed by atoms with van der Waals surface area (Å²) in [5.41, 5.74) is 1.31. The van der Waals surface area contributed by atoms with Gasteiger partial charge in [-0.05, 0) is 31.0 Å². The fourth-order valence-corrected chi connectivity index (χ4v) is 1.88. The first kappa shape index (κ1) is 10.6. The van der Waals surface area contributed by atoms with Crippen LogP contribution in [0.2, 0.25) is 0 Å². The molecule has 1 unspecified atom stereocenters. The number of hydrogen-bond donors (Lipinski definition) is 0. The molecule has 1 aromatic carbocycles. The van der Waals surface area contributed by atoms with Crippen molar-refractivity contribution in [2.75, 3.05) is 7.11 Å². The van der Waals surface area contributed by atoms with Gasteiger partial charge in [-0.2, -0.15) is 0 Å². The molecule has 1 radical (unpaired) electrons. The molecule has 13 heavy (non-hydrogen) atoms. The molecule has 2 heteroatoms. The highest BCUT2D eigenvalue weighted by Crippen LogP contribution is 2.25. The van der Waals surface area contributed by atoms with E-state index in [0.717, 1.165) is 12.0 Å². The van der Waals surface area contributed by atoms with Crippen LogP contribution in [0.3, 0.4) is 0 Å². The van der Waals surface area contributed by atoms with E-state index in [2.05, 4.69) is 26.0 Å². The van der Waals surface area contributed by atoms with Gasteiger partial charge in [0.05, 0.1) is 0 Å². The minimum atomic E-state index is 0.260. The van der Waals surface area contributed by atoms with Crippen LogP contribution in [0, 0.1) is 6.92 Å². The number of thioether (sulfide) groups is 1. The van der Waals surface area contributed by atoms with E-state index in [1.807, 2.05) is 12.1 Å². The molecule has 0 aromatic heterocycles. The van der Waals surface area contributed by atoms with Gasteiger partial charge in [0, 0.05) is 12.0 Å². The van der Waals surface area contributed by atoms with Crippen LogP contribution in [-0.4, -0.2) is 12.5 Å². The molecule has 0 spiro atoms. The highest BCUT2D eigenvalue weighted by Gasteiger charge is 2.05. The van der Waals surface area contributed by atoms with Gasteiger partial charge >= 0.3 is 0 Å². The van der Waals surface area contributed by atoms with Crippen molar-refractivity contribution in [2.24, 2.45) is 0 Å². The van der Waals surface area contributed by atoms with Gasteiger partial charge < -0.3 is 4.74 Å². The van der Waals surface area contributed by atoms with E-state index < -0.39 is 0 Å². The van der Waals surface area contributed by atoms with E-state index in [0.29, 0.717) is 0 Å². The molecule has 0 heterocycles. The third-order valence-electron chi connectivity index (χ3n) is 1.79. The summed E-state index contributed by atoms with van der Waals surface area (Å²) >= 11 is 1.75.